The second-order valence-corrected chi connectivity index (χ2v) is 4.76. The van der Waals surface area contributed by atoms with E-state index in [1.54, 1.807) is 25.3 Å². The lowest BCUT2D eigenvalue weighted by atomic mass is 10.1. The first kappa shape index (κ1) is 15.8. The Hall–Kier alpha value is -2.63. The Morgan fingerprint density at radius 3 is 2.68 bits per heavy atom. The van der Waals surface area contributed by atoms with Crippen LogP contribution in [-0.4, -0.2) is 23.8 Å². The van der Waals surface area contributed by atoms with Crippen LogP contribution in [0.3, 0.4) is 0 Å². The number of carbonyl (C=O) groups is 1. The minimum Gasteiger partial charge on any atom is -0.462 e. The van der Waals surface area contributed by atoms with E-state index in [-0.39, 0.29) is 11.8 Å². The molecule has 0 aliphatic rings. The highest BCUT2D eigenvalue weighted by molar-refractivity contribution is 5.96. The van der Waals surface area contributed by atoms with Gasteiger partial charge in [-0.3, -0.25) is 5.43 Å². The molecule has 1 aromatic carbocycles. The average Bonchev–Trinajstić information content (AvgIpc) is 2.76. The van der Waals surface area contributed by atoms with Gasteiger partial charge in [0.15, 0.2) is 0 Å². The number of carbonyl (C=O) groups excluding carboxylic acids is 1. The summed E-state index contributed by atoms with van der Waals surface area (Å²) in [5.41, 5.74) is 6.23. The summed E-state index contributed by atoms with van der Waals surface area (Å²) in [6, 6.07) is 5.87. The van der Waals surface area contributed by atoms with Crippen LogP contribution in [0.5, 0.6) is 0 Å². The number of H-pyrrole nitrogens is 1. The van der Waals surface area contributed by atoms with Crippen molar-refractivity contribution in [2.24, 2.45) is 5.10 Å². The maximum absolute atomic E-state index is 12.8. The van der Waals surface area contributed by atoms with E-state index in [9.17, 15) is 9.18 Å². The van der Waals surface area contributed by atoms with Gasteiger partial charge >= 0.3 is 5.97 Å². The van der Waals surface area contributed by atoms with E-state index in [1.807, 2.05) is 13.8 Å². The van der Waals surface area contributed by atoms with Gasteiger partial charge in [0.25, 0.3) is 0 Å². The number of rotatable bonds is 5. The largest absolute Gasteiger partial charge is 0.462 e. The zero-order chi connectivity index (χ0) is 16.1. The monoisotopic (exact) mass is 303 g/mol. The maximum atomic E-state index is 12.8. The Kier molecular flexibility index (Phi) is 4.93. The molecule has 0 unspecified atom stereocenters. The van der Waals surface area contributed by atoms with E-state index in [0.29, 0.717) is 17.9 Å². The molecular formula is C16H18FN3O2. The second-order valence-electron chi connectivity index (χ2n) is 4.76. The number of benzene rings is 1. The van der Waals surface area contributed by atoms with Gasteiger partial charge in [-0.2, -0.15) is 5.10 Å². The fraction of sp³-hybridized carbons (Fsp3) is 0.250. The Bertz CT molecular complexity index is 690. The summed E-state index contributed by atoms with van der Waals surface area (Å²) >= 11 is 0. The van der Waals surface area contributed by atoms with E-state index in [2.05, 4.69) is 15.5 Å². The predicted molar refractivity (Wildman–Crippen MR) is 83.8 cm³/mol. The number of halogens is 1. The standard InChI is InChI=1S/C16H18FN3O2/c1-4-22-16(21)15-10(2)14(19-11(15)3)9-18-20-13-7-5-12(17)6-8-13/h5-9,19-20H,4H2,1-3H3/b18-9+. The number of aryl methyl sites for hydroxylation is 1. The number of hydrogen-bond donors (Lipinski definition) is 2. The van der Waals surface area contributed by atoms with Gasteiger partial charge in [-0.15, -0.1) is 0 Å². The molecule has 0 amide bonds. The molecule has 0 aliphatic heterocycles. The molecule has 0 saturated carbocycles. The van der Waals surface area contributed by atoms with Crippen LogP contribution in [-0.2, 0) is 4.74 Å². The van der Waals surface area contributed by atoms with Crippen molar-refractivity contribution in [3.05, 3.63) is 52.6 Å². The molecule has 0 fully saturated rings. The van der Waals surface area contributed by atoms with E-state index in [4.69, 9.17) is 4.74 Å². The molecule has 116 valence electrons. The van der Waals surface area contributed by atoms with Crippen LogP contribution in [0.15, 0.2) is 29.4 Å². The average molecular weight is 303 g/mol. The molecule has 0 radical (unpaired) electrons. The number of ether oxygens (including phenoxy) is 1. The van der Waals surface area contributed by atoms with Gasteiger partial charge < -0.3 is 9.72 Å². The number of aromatic nitrogens is 1. The topological polar surface area (TPSA) is 66.5 Å². The first-order chi connectivity index (χ1) is 10.5. The van der Waals surface area contributed by atoms with Crippen molar-refractivity contribution in [2.75, 3.05) is 12.0 Å². The number of anilines is 1. The Balaban J connectivity index is 2.13. The molecule has 2 aromatic rings. The molecule has 6 heteroatoms. The van der Waals surface area contributed by atoms with Gasteiger partial charge in [0.2, 0.25) is 0 Å². The number of hydrazone groups is 1. The molecule has 0 bridgehead atoms. The first-order valence-electron chi connectivity index (χ1n) is 6.93. The zero-order valence-corrected chi connectivity index (χ0v) is 12.7. The van der Waals surface area contributed by atoms with E-state index in [1.165, 1.54) is 12.1 Å². The highest BCUT2D eigenvalue weighted by Gasteiger charge is 2.18. The lowest BCUT2D eigenvalue weighted by molar-refractivity contribution is 0.0525. The summed E-state index contributed by atoms with van der Waals surface area (Å²) in [6.45, 7) is 5.74. The third-order valence-corrected chi connectivity index (χ3v) is 3.19. The summed E-state index contributed by atoms with van der Waals surface area (Å²) in [6.07, 6.45) is 1.58. The minimum absolute atomic E-state index is 0.301. The summed E-state index contributed by atoms with van der Waals surface area (Å²) in [5.74, 6) is -0.649. The third kappa shape index (κ3) is 3.52. The van der Waals surface area contributed by atoms with Gasteiger partial charge in [0.05, 0.1) is 29.8 Å². The highest BCUT2D eigenvalue weighted by Crippen LogP contribution is 2.18. The van der Waals surface area contributed by atoms with Crippen molar-refractivity contribution < 1.29 is 13.9 Å². The van der Waals surface area contributed by atoms with Gasteiger partial charge in [0, 0.05) is 5.69 Å². The van der Waals surface area contributed by atoms with Crippen molar-refractivity contribution >= 4 is 17.9 Å². The molecule has 2 rings (SSSR count). The summed E-state index contributed by atoms with van der Waals surface area (Å²) < 4.78 is 17.8. The summed E-state index contributed by atoms with van der Waals surface area (Å²) in [4.78, 5) is 15.0. The third-order valence-electron chi connectivity index (χ3n) is 3.19. The summed E-state index contributed by atoms with van der Waals surface area (Å²) in [7, 11) is 0. The fourth-order valence-electron chi connectivity index (χ4n) is 2.11. The van der Waals surface area contributed by atoms with Crippen LogP contribution < -0.4 is 5.43 Å². The summed E-state index contributed by atoms with van der Waals surface area (Å²) in [5, 5.41) is 4.08. The van der Waals surface area contributed by atoms with Crippen molar-refractivity contribution in [1.82, 2.24) is 4.98 Å². The lowest BCUT2D eigenvalue weighted by Gasteiger charge is -2.02. The van der Waals surface area contributed by atoms with Crippen molar-refractivity contribution in [3.8, 4) is 0 Å². The van der Waals surface area contributed by atoms with Gasteiger partial charge in [0.1, 0.15) is 5.82 Å². The second kappa shape index (κ2) is 6.89. The first-order valence-corrected chi connectivity index (χ1v) is 6.93. The van der Waals surface area contributed by atoms with E-state index >= 15 is 0 Å². The quantitative estimate of drug-likeness (QED) is 0.505. The number of aromatic amines is 1. The molecular weight excluding hydrogens is 285 g/mol. The van der Waals surface area contributed by atoms with Gasteiger partial charge in [-0.05, 0) is 50.6 Å². The fourth-order valence-corrected chi connectivity index (χ4v) is 2.11. The van der Waals surface area contributed by atoms with Crippen LogP contribution in [0.2, 0.25) is 0 Å². The minimum atomic E-state index is -0.347. The Labute approximate surface area is 128 Å². The van der Waals surface area contributed by atoms with Gasteiger partial charge in [-0.25, -0.2) is 9.18 Å². The van der Waals surface area contributed by atoms with Crippen LogP contribution in [0.25, 0.3) is 0 Å². The number of esters is 1. The smallest absolute Gasteiger partial charge is 0.340 e. The molecule has 22 heavy (non-hydrogen) atoms. The molecule has 0 aliphatic carbocycles. The van der Waals surface area contributed by atoms with Crippen molar-refractivity contribution in [1.29, 1.82) is 0 Å². The molecule has 1 heterocycles. The molecule has 0 saturated heterocycles. The molecule has 1 aromatic heterocycles. The normalized spacial score (nSPS) is 10.9. The Morgan fingerprint density at radius 2 is 2.05 bits per heavy atom. The number of nitrogens with zero attached hydrogens (tertiary/aromatic N) is 1. The molecule has 2 N–H and O–H groups in total. The van der Waals surface area contributed by atoms with E-state index < -0.39 is 0 Å². The van der Waals surface area contributed by atoms with Crippen LogP contribution in [0.1, 0.15) is 34.2 Å². The number of hydrogen-bond acceptors (Lipinski definition) is 4. The van der Waals surface area contributed by atoms with E-state index in [0.717, 1.165) is 17.0 Å². The lowest BCUT2D eigenvalue weighted by Crippen LogP contribution is -2.06. The van der Waals surface area contributed by atoms with Crippen LogP contribution in [0, 0.1) is 19.7 Å². The van der Waals surface area contributed by atoms with Crippen molar-refractivity contribution in [2.45, 2.75) is 20.8 Å². The highest BCUT2D eigenvalue weighted by atomic mass is 19.1. The molecule has 0 spiro atoms. The molecule has 0 atom stereocenters. The van der Waals surface area contributed by atoms with Crippen LogP contribution >= 0.6 is 0 Å². The predicted octanol–water partition coefficient (Wildman–Crippen LogP) is 3.39. The number of nitrogens with one attached hydrogen (secondary N) is 2. The SMILES string of the molecule is CCOC(=O)c1c(C)[nH]c(/C=N/Nc2ccc(F)cc2)c1C. The zero-order valence-electron chi connectivity index (χ0n) is 12.7. The Morgan fingerprint density at radius 1 is 1.36 bits per heavy atom. The van der Waals surface area contributed by atoms with Crippen LogP contribution in [0.4, 0.5) is 10.1 Å². The van der Waals surface area contributed by atoms with Crippen molar-refractivity contribution in [3.63, 3.8) is 0 Å². The maximum Gasteiger partial charge on any atom is 0.340 e. The molecule has 5 nitrogen and oxygen atoms in total. The van der Waals surface area contributed by atoms with Gasteiger partial charge in [-0.1, -0.05) is 0 Å².